The summed E-state index contributed by atoms with van der Waals surface area (Å²) in [6.07, 6.45) is 5.37. The number of rotatable bonds is 2. The number of anilines is 3. The first-order valence-corrected chi connectivity index (χ1v) is 7.33. The SMILES string of the molecule is Nc1cnc2ccccc2c1Nc1ccc2c(c1)CCC2. The second kappa shape index (κ2) is 4.77. The Bertz CT molecular complexity index is 824. The first-order chi connectivity index (χ1) is 10.3. The van der Waals surface area contributed by atoms with Crippen molar-refractivity contribution in [1.29, 1.82) is 0 Å². The predicted molar refractivity (Wildman–Crippen MR) is 87.9 cm³/mol. The third kappa shape index (κ3) is 2.11. The third-order valence-electron chi connectivity index (χ3n) is 4.17. The molecule has 0 saturated carbocycles. The van der Waals surface area contributed by atoms with E-state index in [1.807, 2.05) is 24.3 Å². The van der Waals surface area contributed by atoms with Gasteiger partial charge in [0.05, 0.1) is 23.1 Å². The first kappa shape index (κ1) is 12.2. The molecule has 3 N–H and O–H groups in total. The van der Waals surface area contributed by atoms with Gasteiger partial charge in [0.15, 0.2) is 0 Å². The lowest BCUT2D eigenvalue weighted by molar-refractivity contribution is 0.912. The molecule has 3 nitrogen and oxygen atoms in total. The zero-order chi connectivity index (χ0) is 14.2. The molecule has 0 spiro atoms. The molecule has 4 rings (SSSR count). The summed E-state index contributed by atoms with van der Waals surface area (Å²) >= 11 is 0. The maximum absolute atomic E-state index is 6.12. The van der Waals surface area contributed by atoms with Crippen LogP contribution in [-0.2, 0) is 12.8 Å². The Balaban J connectivity index is 1.79. The molecule has 2 aromatic carbocycles. The fourth-order valence-electron chi connectivity index (χ4n) is 3.09. The van der Waals surface area contributed by atoms with E-state index in [9.17, 15) is 0 Å². The van der Waals surface area contributed by atoms with Crippen LogP contribution in [0, 0.1) is 0 Å². The molecule has 0 saturated heterocycles. The van der Waals surface area contributed by atoms with Crippen molar-refractivity contribution < 1.29 is 0 Å². The van der Waals surface area contributed by atoms with E-state index in [1.165, 1.54) is 30.4 Å². The summed E-state index contributed by atoms with van der Waals surface area (Å²) in [4.78, 5) is 4.38. The number of para-hydroxylation sites is 1. The molecule has 3 heteroatoms. The molecule has 21 heavy (non-hydrogen) atoms. The fourth-order valence-corrected chi connectivity index (χ4v) is 3.09. The zero-order valence-electron chi connectivity index (χ0n) is 11.8. The lowest BCUT2D eigenvalue weighted by Gasteiger charge is -2.13. The van der Waals surface area contributed by atoms with Crippen molar-refractivity contribution in [2.45, 2.75) is 19.3 Å². The summed E-state index contributed by atoms with van der Waals surface area (Å²) in [5.41, 5.74) is 12.7. The molecule has 0 amide bonds. The minimum Gasteiger partial charge on any atom is -0.396 e. The Morgan fingerprint density at radius 2 is 1.86 bits per heavy atom. The van der Waals surface area contributed by atoms with Crippen molar-refractivity contribution in [1.82, 2.24) is 4.98 Å². The molecule has 3 aromatic rings. The first-order valence-electron chi connectivity index (χ1n) is 7.33. The number of nitrogen functional groups attached to an aromatic ring is 1. The summed E-state index contributed by atoms with van der Waals surface area (Å²) < 4.78 is 0. The number of hydrogen-bond acceptors (Lipinski definition) is 3. The number of aryl methyl sites for hydroxylation is 2. The van der Waals surface area contributed by atoms with E-state index < -0.39 is 0 Å². The minimum atomic E-state index is 0.675. The number of nitrogens with two attached hydrogens (primary N) is 1. The molecular formula is C18H17N3. The van der Waals surface area contributed by atoms with Crippen molar-refractivity contribution >= 4 is 28.0 Å². The molecule has 104 valence electrons. The fraction of sp³-hybridized carbons (Fsp3) is 0.167. The Morgan fingerprint density at radius 3 is 2.81 bits per heavy atom. The van der Waals surface area contributed by atoms with E-state index in [0.717, 1.165) is 22.3 Å². The lowest BCUT2D eigenvalue weighted by atomic mass is 10.1. The van der Waals surface area contributed by atoms with Crippen LogP contribution < -0.4 is 11.1 Å². The van der Waals surface area contributed by atoms with Crippen LogP contribution in [0.1, 0.15) is 17.5 Å². The monoisotopic (exact) mass is 275 g/mol. The van der Waals surface area contributed by atoms with Crippen molar-refractivity contribution in [3.63, 3.8) is 0 Å². The molecule has 0 bridgehead atoms. The van der Waals surface area contributed by atoms with Crippen LogP contribution in [-0.4, -0.2) is 4.98 Å². The molecule has 0 radical (unpaired) electrons. The highest BCUT2D eigenvalue weighted by atomic mass is 14.9. The highest BCUT2D eigenvalue weighted by Gasteiger charge is 2.12. The normalized spacial score (nSPS) is 13.3. The van der Waals surface area contributed by atoms with E-state index in [4.69, 9.17) is 5.73 Å². The third-order valence-corrected chi connectivity index (χ3v) is 4.17. The van der Waals surface area contributed by atoms with Gasteiger partial charge in [-0.15, -0.1) is 0 Å². The van der Waals surface area contributed by atoms with Gasteiger partial charge in [0.1, 0.15) is 0 Å². The molecule has 0 aliphatic heterocycles. The molecule has 1 aromatic heterocycles. The van der Waals surface area contributed by atoms with Gasteiger partial charge < -0.3 is 11.1 Å². The quantitative estimate of drug-likeness (QED) is 0.742. The number of pyridine rings is 1. The van der Waals surface area contributed by atoms with Gasteiger partial charge in [0.2, 0.25) is 0 Å². The molecule has 0 atom stereocenters. The maximum Gasteiger partial charge on any atom is 0.0746 e. The average molecular weight is 275 g/mol. The second-order valence-electron chi connectivity index (χ2n) is 5.57. The van der Waals surface area contributed by atoms with Crippen LogP contribution in [0.25, 0.3) is 10.9 Å². The molecule has 0 fully saturated rings. The van der Waals surface area contributed by atoms with E-state index in [0.29, 0.717) is 5.69 Å². The molecule has 0 unspecified atom stereocenters. The molecule has 1 aliphatic rings. The highest BCUT2D eigenvalue weighted by molar-refractivity contribution is 5.98. The summed E-state index contributed by atoms with van der Waals surface area (Å²) in [5, 5.41) is 4.53. The van der Waals surface area contributed by atoms with Crippen LogP contribution in [0.2, 0.25) is 0 Å². The van der Waals surface area contributed by atoms with Crippen molar-refractivity contribution in [2.75, 3.05) is 11.1 Å². The molecule has 1 aliphatic carbocycles. The largest absolute Gasteiger partial charge is 0.396 e. The predicted octanol–water partition coefficient (Wildman–Crippen LogP) is 4.05. The van der Waals surface area contributed by atoms with Gasteiger partial charge in [-0.05, 0) is 48.6 Å². The highest BCUT2D eigenvalue weighted by Crippen LogP contribution is 2.32. The van der Waals surface area contributed by atoms with Crippen LogP contribution in [0.5, 0.6) is 0 Å². The smallest absolute Gasteiger partial charge is 0.0746 e. The maximum atomic E-state index is 6.12. The van der Waals surface area contributed by atoms with Gasteiger partial charge in [-0.2, -0.15) is 0 Å². The van der Waals surface area contributed by atoms with Gasteiger partial charge in [-0.3, -0.25) is 4.98 Å². The second-order valence-corrected chi connectivity index (χ2v) is 5.57. The van der Waals surface area contributed by atoms with Gasteiger partial charge in [0, 0.05) is 11.1 Å². The summed E-state index contributed by atoms with van der Waals surface area (Å²) in [7, 11) is 0. The van der Waals surface area contributed by atoms with Gasteiger partial charge in [-0.1, -0.05) is 24.3 Å². The Morgan fingerprint density at radius 1 is 1.00 bits per heavy atom. The Labute approximate surface area is 123 Å². The van der Waals surface area contributed by atoms with Crippen molar-refractivity contribution in [3.05, 3.63) is 59.8 Å². The number of aromatic nitrogens is 1. The number of fused-ring (bicyclic) bond motifs is 2. The zero-order valence-corrected chi connectivity index (χ0v) is 11.8. The number of nitrogens with one attached hydrogen (secondary N) is 1. The number of hydrogen-bond donors (Lipinski definition) is 2. The number of benzene rings is 2. The standard InChI is InChI=1S/C18H17N3/c19-16-11-20-17-7-2-1-6-15(17)18(16)21-14-9-8-12-4-3-5-13(12)10-14/h1-2,6-11H,3-5,19H2,(H,20,21). The molecular weight excluding hydrogens is 258 g/mol. The minimum absolute atomic E-state index is 0.675. The van der Waals surface area contributed by atoms with Crippen LogP contribution in [0.4, 0.5) is 17.1 Å². The van der Waals surface area contributed by atoms with Crippen LogP contribution >= 0.6 is 0 Å². The van der Waals surface area contributed by atoms with Crippen molar-refractivity contribution in [2.24, 2.45) is 0 Å². The van der Waals surface area contributed by atoms with Gasteiger partial charge >= 0.3 is 0 Å². The summed E-state index contributed by atoms with van der Waals surface area (Å²) in [6, 6.07) is 14.7. The van der Waals surface area contributed by atoms with Gasteiger partial charge in [-0.25, -0.2) is 0 Å². The van der Waals surface area contributed by atoms with Crippen molar-refractivity contribution in [3.8, 4) is 0 Å². The van der Waals surface area contributed by atoms with E-state index >= 15 is 0 Å². The summed E-state index contributed by atoms with van der Waals surface area (Å²) in [6.45, 7) is 0. The summed E-state index contributed by atoms with van der Waals surface area (Å²) in [5.74, 6) is 0. The van der Waals surface area contributed by atoms with Crippen LogP contribution in [0.15, 0.2) is 48.7 Å². The molecule has 1 heterocycles. The Hall–Kier alpha value is -2.55. The van der Waals surface area contributed by atoms with Gasteiger partial charge in [0.25, 0.3) is 0 Å². The van der Waals surface area contributed by atoms with E-state index in [-0.39, 0.29) is 0 Å². The lowest BCUT2D eigenvalue weighted by Crippen LogP contribution is -1.99. The van der Waals surface area contributed by atoms with Crippen LogP contribution in [0.3, 0.4) is 0 Å². The topological polar surface area (TPSA) is 50.9 Å². The number of nitrogens with zero attached hydrogens (tertiary/aromatic N) is 1. The van der Waals surface area contributed by atoms with E-state index in [1.54, 1.807) is 6.20 Å². The van der Waals surface area contributed by atoms with E-state index in [2.05, 4.69) is 28.5 Å². The Kier molecular flexibility index (Phi) is 2.78. The average Bonchev–Trinajstić information content (AvgIpc) is 2.98.